The van der Waals surface area contributed by atoms with Gasteiger partial charge in [0.1, 0.15) is 0 Å². The van der Waals surface area contributed by atoms with Crippen LogP contribution in [0.4, 0.5) is 11.4 Å². The quantitative estimate of drug-likeness (QED) is 0.264. The zero-order valence-electron chi connectivity index (χ0n) is 23.2. The van der Waals surface area contributed by atoms with Crippen LogP contribution in [-0.2, 0) is 39.5 Å². The van der Waals surface area contributed by atoms with Gasteiger partial charge in [0, 0.05) is 56.6 Å². The molecule has 10 nitrogen and oxygen atoms in total. The van der Waals surface area contributed by atoms with Crippen molar-refractivity contribution < 1.29 is 9.59 Å². The molecule has 0 fully saturated rings. The first-order valence-corrected chi connectivity index (χ1v) is 14.4. The van der Waals surface area contributed by atoms with Crippen LogP contribution in [0, 0.1) is 0 Å². The average Bonchev–Trinajstić information content (AvgIpc) is 3.57. The van der Waals surface area contributed by atoms with Gasteiger partial charge in [0.05, 0.1) is 28.6 Å². The Morgan fingerprint density at radius 3 is 2.54 bits per heavy atom. The molecule has 212 valence electrons. The molecule has 0 spiro atoms. The van der Waals surface area contributed by atoms with E-state index in [0.29, 0.717) is 35.3 Å². The van der Waals surface area contributed by atoms with Crippen molar-refractivity contribution in [1.29, 1.82) is 0 Å². The molecule has 2 aliphatic rings. The highest BCUT2D eigenvalue weighted by Gasteiger charge is 2.24. The Labute approximate surface area is 243 Å². The van der Waals surface area contributed by atoms with Gasteiger partial charge in [-0.1, -0.05) is 49.2 Å². The van der Waals surface area contributed by atoms with E-state index in [4.69, 9.17) is 11.6 Å². The van der Waals surface area contributed by atoms with E-state index in [1.807, 2.05) is 46.6 Å². The standard InChI is InChI=1S/C30H33ClN8O2/c1-3-6-20-19(7-4-9-22(20)35-30(41)28-34-25-17-32-12-11-26(25)38(28)2)21-8-5-10-23(27(21)31)36-29(40)24-15-18-16-33-13-14-39(18)37-24/h4-5,7-10,15,32-33H,3,6,11-14,16-17H2,1-2H3,(H,35,41)(H,36,40). The number of nitrogens with zero attached hydrogens (tertiary/aromatic N) is 4. The molecule has 6 rings (SSSR count). The summed E-state index contributed by atoms with van der Waals surface area (Å²) in [7, 11) is 1.89. The Morgan fingerprint density at radius 1 is 1.00 bits per heavy atom. The van der Waals surface area contributed by atoms with Crippen LogP contribution in [-0.4, -0.2) is 44.2 Å². The summed E-state index contributed by atoms with van der Waals surface area (Å²) >= 11 is 6.92. The molecule has 0 unspecified atom stereocenters. The predicted molar refractivity (Wildman–Crippen MR) is 159 cm³/mol. The second-order valence-electron chi connectivity index (χ2n) is 10.4. The molecule has 0 atom stereocenters. The number of hydrogen-bond acceptors (Lipinski definition) is 6. The third-order valence-corrected chi connectivity index (χ3v) is 8.10. The molecule has 4 aromatic rings. The highest BCUT2D eigenvalue weighted by molar-refractivity contribution is 6.36. The second-order valence-corrected chi connectivity index (χ2v) is 10.8. The lowest BCUT2D eigenvalue weighted by atomic mass is 9.94. The number of halogens is 1. The van der Waals surface area contributed by atoms with E-state index in [2.05, 4.69) is 38.3 Å². The van der Waals surface area contributed by atoms with Crippen LogP contribution in [0.2, 0.25) is 5.02 Å². The Hall–Kier alpha value is -3.99. The van der Waals surface area contributed by atoms with Gasteiger partial charge in [-0.05, 0) is 35.7 Å². The molecule has 2 aromatic heterocycles. The van der Waals surface area contributed by atoms with Gasteiger partial charge < -0.3 is 25.8 Å². The maximum Gasteiger partial charge on any atom is 0.291 e. The number of aromatic nitrogens is 4. The number of anilines is 2. The number of carbonyl (C=O) groups excluding carboxylic acids is 2. The highest BCUT2D eigenvalue weighted by Crippen LogP contribution is 2.38. The average molecular weight is 573 g/mol. The summed E-state index contributed by atoms with van der Waals surface area (Å²) in [5, 5.41) is 17.5. The van der Waals surface area contributed by atoms with E-state index in [-0.39, 0.29) is 11.8 Å². The minimum Gasteiger partial charge on any atom is -0.327 e. The Bertz CT molecular complexity index is 1620. The molecule has 2 aromatic carbocycles. The van der Waals surface area contributed by atoms with Crippen molar-refractivity contribution >= 4 is 34.8 Å². The Morgan fingerprint density at radius 2 is 1.76 bits per heavy atom. The van der Waals surface area contributed by atoms with Crippen LogP contribution in [0.1, 0.15) is 57.1 Å². The number of rotatable bonds is 7. The molecule has 41 heavy (non-hydrogen) atoms. The number of hydrogen-bond donors (Lipinski definition) is 4. The first-order chi connectivity index (χ1) is 19.9. The Balaban J connectivity index is 1.29. The first-order valence-electron chi connectivity index (χ1n) is 14.0. The van der Waals surface area contributed by atoms with Crippen molar-refractivity contribution in [2.24, 2.45) is 7.05 Å². The van der Waals surface area contributed by atoms with E-state index < -0.39 is 0 Å². The monoisotopic (exact) mass is 572 g/mol. The number of benzene rings is 2. The van der Waals surface area contributed by atoms with Gasteiger partial charge in [-0.2, -0.15) is 5.10 Å². The highest BCUT2D eigenvalue weighted by atomic mass is 35.5. The molecule has 2 amide bonds. The van der Waals surface area contributed by atoms with Gasteiger partial charge in [-0.15, -0.1) is 0 Å². The zero-order chi connectivity index (χ0) is 28.5. The minimum atomic E-state index is -0.311. The van der Waals surface area contributed by atoms with Crippen molar-refractivity contribution in [2.75, 3.05) is 23.7 Å². The number of carbonyl (C=O) groups is 2. The smallest absolute Gasteiger partial charge is 0.291 e. The van der Waals surface area contributed by atoms with Crippen LogP contribution >= 0.6 is 11.6 Å². The number of imidazole rings is 1. The van der Waals surface area contributed by atoms with E-state index >= 15 is 0 Å². The zero-order valence-corrected chi connectivity index (χ0v) is 23.9. The fourth-order valence-electron chi connectivity index (χ4n) is 5.64. The molecule has 4 heterocycles. The van der Waals surface area contributed by atoms with Gasteiger partial charge in [-0.3, -0.25) is 14.3 Å². The van der Waals surface area contributed by atoms with Gasteiger partial charge in [0.25, 0.3) is 11.8 Å². The lowest BCUT2D eigenvalue weighted by molar-refractivity contribution is 0.100. The van der Waals surface area contributed by atoms with Crippen molar-refractivity contribution in [3.05, 3.63) is 81.7 Å². The molecule has 0 bridgehead atoms. The number of fused-ring (bicyclic) bond motifs is 2. The molecule has 4 N–H and O–H groups in total. The van der Waals surface area contributed by atoms with Crippen LogP contribution in [0.5, 0.6) is 0 Å². The maximum absolute atomic E-state index is 13.4. The lowest BCUT2D eigenvalue weighted by Crippen LogP contribution is -2.28. The van der Waals surface area contributed by atoms with Crippen LogP contribution < -0.4 is 21.3 Å². The normalized spacial score (nSPS) is 14.3. The largest absolute Gasteiger partial charge is 0.327 e. The summed E-state index contributed by atoms with van der Waals surface area (Å²) in [6.07, 6.45) is 2.44. The van der Waals surface area contributed by atoms with Crippen LogP contribution in [0.3, 0.4) is 0 Å². The molecule has 0 saturated heterocycles. The molecule has 0 radical (unpaired) electrons. The van der Waals surface area contributed by atoms with Crippen molar-refractivity contribution in [3.8, 4) is 11.1 Å². The number of amides is 2. The fourth-order valence-corrected chi connectivity index (χ4v) is 5.91. The summed E-state index contributed by atoms with van der Waals surface area (Å²) in [4.78, 5) is 31.1. The molecular formula is C30H33ClN8O2. The third kappa shape index (κ3) is 5.26. The molecule has 11 heteroatoms. The molecular weight excluding hydrogens is 540 g/mol. The summed E-state index contributed by atoms with van der Waals surface area (Å²) in [5.41, 5.74) is 7.22. The maximum atomic E-state index is 13.4. The van der Waals surface area contributed by atoms with Gasteiger partial charge in [0.2, 0.25) is 0 Å². The van der Waals surface area contributed by atoms with E-state index in [1.54, 1.807) is 12.1 Å². The van der Waals surface area contributed by atoms with E-state index in [0.717, 1.165) is 78.4 Å². The van der Waals surface area contributed by atoms with Crippen molar-refractivity contribution in [3.63, 3.8) is 0 Å². The molecule has 2 aliphatic heterocycles. The second kappa shape index (κ2) is 11.5. The summed E-state index contributed by atoms with van der Waals surface area (Å²) in [6, 6.07) is 13.2. The fraction of sp³-hybridized carbons (Fsp3) is 0.333. The predicted octanol–water partition coefficient (Wildman–Crippen LogP) is 4.14. The van der Waals surface area contributed by atoms with E-state index in [1.165, 1.54) is 0 Å². The third-order valence-electron chi connectivity index (χ3n) is 7.69. The Kier molecular flexibility index (Phi) is 7.61. The van der Waals surface area contributed by atoms with E-state index in [9.17, 15) is 9.59 Å². The summed E-state index contributed by atoms with van der Waals surface area (Å²) in [5.74, 6) is -0.166. The van der Waals surface area contributed by atoms with Gasteiger partial charge in [-0.25, -0.2) is 4.98 Å². The lowest BCUT2D eigenvalue weighted by Gasteiger charge is -2.18. The van der Waals surface area contributed by atoms with Crippen LogP contribution in [0.25, 0.3) is 11.1 Å². The first kappa shape index (κ1) is 27.2. The van der Waals surface area contributed by atoms with Crippen molar-refractivity contribution in [1.82, 2.24) is 30.0 Å². The minimum absolute atomic E-state index is 0.249. The van der Waals surface area contributed by atoms with Gasteiger partial charge >= 0.3 is 0 Å². The summed E-state index contributed by atoms with van der Waals surface area (Å²) in [6.45, 7) is 5.87. The SMILES string of the molecule is CCCc1c(NC(=O)c2nc3c(n2C)CCNC3)cccc1-c1cccc(NC(=O)c2cc3n(n2)CCNC3)c1Cl. The molecule has 0 aliphatic carbocycles. The molecule has 0 saturated carbocycles. The van der Waals surface area contributed by atoms with Gasteiger partial charge in [0.15, 0.2) is 11.5 Å². The van der Waals surface area contributed by atoms with Crippen molar-refractivity contribution in [2.45, 2.75) is 45.8 Å². The topological polar surface area (TPSA) is 118 Å². The summed E-state index contributed by atoms with van der Waals surface area (Å²) < 4.78 is 3.75. The van der Waals surface area contributed by atoms with Crippen LogP contribution in [0.15, 0.2) is 42.5 Å². The number of nitrogens with one attached hydrogen (secondary N) is 4.